The van der Waals surface area contributed by atoms with E-state index >= 15 is 0 Å². The number of rotatable bonds is 9. The minimum absolute atomic E-state index is 0.00188. The maximum atomic E-state index is 13.3. The number of fused-ring (bicyclic) bond motifs is 5. The van der Waals surface area contributed by atoms with Crippen LogP contribution in [-0.4, -0.2) is 61.3 Å². The van der Waals surface area contributed by atoms with E-state index in [1.54, 1.807) is 7.11 Å². The van der Waals surface area contributed by atoms with E-state index in [9.17, 15) is 15.0 Å². The van der Waals surface area contributed by atoms with E-state index in [0.717, 1.165) is 38.5 Å². The smallest absolute Gasteiger partial charge is 0.307 e. The number of carbonyl (C=O) groups is 1. The number of ether oxygens (including phenoxy) is 2. The highest BCUT2D eigenvalue weighted by atomic mass is 16.5. The number of methoxy groups -OCH3 is 1. The molecule has 3 fully saturated rings. The molecule has 4 rings (SSSR count). The molecule has 3 saturated carbocycles. The molecule has 11 atom stereocenters. The average molecular weight is 632 g/mol. The molecule has 260 valence electrons. The van der Waals surface area contributed by atoms with E-state index in [1.807, 2.05) is 7.05 Å². The van der Waals surface area contributed by atoms with Crippen LogP contribution in [0.1, 0.15) is 122 Å². The summed E-state index contributed by atoms with van der Waals surface area (Å²) in [6, 6.07) is 0. The van der Waals surface area contributed by atoms with Crippen molar-refractivity contribution in [1.29, 1.82) is 0 Å². The number of aliphatic carboxylic acids is 1. The van der Waals surface area contributed by atoms with Crippen LogP contribution in [0.3, 0.4) is 0 Å². The Hall–Kier alpha value is -0.950. The Morgan fingerprint density at radius 2 is 1.67 bits per heavy atom. The predicted octanol–water partition coefficient (Wildman–Crippen LogP) is 7.98. The molecule has 0 aromatic heterocycles. The second kappa shape index (κ2) is 11.9. The van der Waals surface area contributed by atoms with Crippen LogP contribution in [0.15, 0.2) is 11.6 Å². The standard InChI is InChI=1S/C39H69NO5/c1-24(2)25(3)35(9)19-20-36(10)26-15-16-29-34(7,8)31(45-23-38(12,40-13)33(4,5)6)28(44-14)21-39(29,22-41)27(26)17-18-37(36,11)30(35)32(42)43/h17,24-26,28-31,40-41H,15-16,18-23H2,1-14H3,(H,42,43)/t25-,26+,28-,29+,30-,31+,35-,36-,37+,38+,39+/m1/s1. The highest BCUT2D eigenvalue weighted by Gasteiger charge is 2.70. The number of hydrogen-bond acceptors (Lipinski definition) is 5. The van der Waals surface area contributed by atoms with Gasteiger partial charge in [-0.2, -0.15) is 0 Å². The van der Waals surface area contributed by atoms with Crippen molar-refractivity contribution < 1.29 is 24.5 Å². The van der Waals surface area contributed by atoms with Gasteiger partial charge in [-0.25, -0.2) is 0 Å². The zero-order chi connectivity index (χ0) is 34.2. The van der Waals surface area contributed by atoms with Crippen molar-refractivity contribution in [1.82, 2.24) is 5.32 Å². The minimum atomic E-state index is -0.636. The third kappa shape index (κ3) is 5.21. The maximum Gasteiger partial charge on any atom is 0.307 e. The number of likely N-dealkylation sites (N-methyl/N-ethyl adjacent to an activating group) is 1. The lowest BCUT2D eigenvalue weighted by molar-refractivity contribution is -0.225. The molecular formula is C39H69NO5. The molecule has 6 heteroatoms. The molecule has 6 nitrogen and oxygen atoms in total. The first-order valence-corrected chi connectivity index (χ1v) is 18.0. The fraction of sp³-hybridized carbons (Fsp3) is 0.923. The van der Waals surface area contributed by atoms with Gasteiger partial charge in [0.1, 0.15) is 0 Å². The van der Waals surface area contributed by atoms with Gasteiger partial charge in [0.25, 0.3) is 0 Å². The Morgan fingerprint density at radius 1 is 1.04 bits per heavy atom. The van der Waals surface area contributed by atoms with Gasteiger partial charge >= 0.3 is 5.97 Å². The second-order valence-electron chi connectivity index (χ2n) is 18.9. The van der Waals surface area contributed by atoms with Crippen molar-refractivity contribution in [3.63, 3.8) is 0 Å². The van der Waals surface area contributed by atoms with Crippen LogP contribution in [0.2, 0.25) is 0 Å². The number of nitrogens with one attached hydrogen (secondary N) is 1. The Labute approximate surface area is 275 Å². The van der Waals surface area contributed by atoms with Gasteiger partial charge in [0.2, 0.25) is 0 Å². The fourth-order valence-corrected chi connectivity index (χ4v) is 11.6. The molecule has 0 spiro atoms. The Kier molecular flexibility index (Phi) is 9.74. The molecule has 4 aliphatic carbocycles. The van der Waals surface area contributed by atoms with Crippen LogP contribution in [0.25, 0.3) is 0 Å². The molecule has 0 aliphatic heterocycles. The third-order valence-electron chi connectivity index (χ3n) is 15.8. The van der Waals surface area contributed by atoms with Crippen LogP contribution >= 0.6 is 0 Å². The van der Waals surface area contributed by atoms with Crippen molar-refractivity contribution in [2.45, 2.75) is 139 Å². The molecule has 0 aromatic rings. The fourth-order valence-electron chi connectivity index (χ4n) is 11.6. The number of aliphatic hydroxyl groups excluding tert-OH is 1. The average Bonchev–Trinajstić information content (AvgIpc) is 2.95. The number of carboxylic acid groups (broad SMARTS) is 1. The van der Waals surface area contributed by atoms with Gasteiger partial charge in [0.05, 0.1) is 31.3 Å². The Bertz CT molecular complexity index is 1140. The van der Waals surface area contributed by atoms with E-state index in [4.69, 9.17) is 9.47 Å². The first-order chi connectivity index (χ1) is 20.6. The number of allylic oxidation sites excluding steroid dienone is 1. The molecular weight excluding hydrogens is 562 g/mol. The molecule has 0 aromatic carbocycles. The summed E-state index contributed by atoms with van der Waals surface area (Å²) in [6.45, 7) is 28.0. The quantitative estimate of drug-likeness (QED) is 0.224. The summed E-state index contributed by atoms with van der Waals surface area (Å²) in [7, 11) is 3.81. The lowest BCUT2D eigenvalue weighted by Crippen LogP contribution is -2.67. The van der Waals surface area contributed by atoms with Crippen molar-refractivity contribution in [3.05, 3.63) is 11.6 Å². The van der Waals surface area contributed by atoms with Gasteiger partial charge in [-0.05, 0) is 103 Å². The first kappa shape index (κ1) is 36.9. The van der Waals surface area contributed by atoms with Crippen LogP contribution < -0.4 is 5.32 Å². The van der Waals surface area contributed by atoms with Crippen molar-refractivity contribution in [2.24, 2.45) is 62.1 Å². The molecule has 3 N–H and O–H groups in total. The van der Waals surface area contributed by atoms with Gasteiger partial charge in [0, 0.05) is 18.1 Å². The van der Waals surface area contributed by atoms with Crippen molar-refractivity contribution >= 4 is 5.97 Å². The molecule has 0 radical (unpaired) electrons. The molecule has 0 heterocycles. The van der Waals surface area contributed by atoms with Crippen molar-refractivity contribution in [3.8, 4) is 0 Å². The zero-order valence-corrected chi connectivity index (χ0v) is 31.4. The summed E-state index contributed by atoms with van der Waals surface area (Å²) in [5.74, 6) is 0.169. The normalized spacial score (nSPS) is 43.4. The van der Waals surface area contributed by atoms with E-state index in [0.29, 0.717) is 18.4 Å². The number of carboxylic acids is 1. The second-order valence-corrected chi connectivity index (χ2v) is 18.9. The summed E-state index contributed by atoms with van der Waals surface area (Å²) < 4.78 is 13.2. The van der Waals surface area contributed by atoms with Crippen LogP contribution in [0.4, 0.5) is 0 Å². The number of hydrogen-bond donors (Lipinski definition) is 3. The summed E-state index contributed by atoms with van der Waals surface area (Å²) >= 11 is 0. The van der Waals surface area contributed by atoms with E-state index in [1.165, 1.54) is 5.57 Å². The largest absolute Gasteiger partial charge is 0.481 e. The lowest BCUT2D eigenvalue weighted by atomic mass is 9.34. The summed E-state index contributed by atoms with van der Waals surface area (Å²) in [6.07, 6.45) is 7.59. The molecule has 0 saturated heterocycles. The van der Waals surface area contributed by atoms with Crippen LogP contribution in [0, 0.1) is 62.1 Å². The number of aliphatic hydroxyl groups is 1. The van der Waals surface area contributed by atoms with Crippen LogP contribution in [-0.2, 0) is 14.3 Å². The molecule has 0 amide bonds. The monoisotopic (exact) mass is 632 g/mol. The zero-order valence-electron chi connectivity index (χ0n) is 31.4. The molecule has 0 bridgehead atoms. The third-order valence-corrected chi connectivity index (χ3v) is 15.8. The Morgan fingerprint density at radius 3 is 2.16 bits per heavy atom. The molecule has 4 aliphatic rings. The first-order valence-electron chi connectivity index (χ1n) is 18.0. The highest BCUT2D eigenvalue weighted by molar-refractivity contribution is 5.73. The molecule has 45 heavy (non-hydrogen) atoms. The van der Waals surface area contributed by atoms with Gasteiger partial charge < -0.3 is 25.0 Å². The van der Waals surface area contributed by atoms with Crippen molar-refractivity contribution in [2.75, 3.05) is 27.4 Å². The SMILES string of the molecule is CN[C@@](C)(CO[C@H]1[C@H](OC)C[C@]2(CO)C3=CC[C@@]4(C)[C@H](C(=O)O)[C@@](C)([C@H](C)C(C)C)CC[C@]4(C)[C@H]3CC[C@H]2C1(C)C)C(C)(C)C. The molecule has 0 unspecified atom stereocenters. The van der Waals surface area contributed by atoms with E-state index < -0.39 is 17.3 Å². The minimum Gasteiger partial charge on any atom is -0.481 e. The topological polar surface area (TPSA) is 88.0 Å². The lowest BCUT2D eigenvalue weighted by Gasteiger charge is -2.70. The Balaban J connectivity index is 1.77. The summed E-state index contributed by atoms with van der Waals surface area (Å²) in [4.78, 5) is 13.3. The van der Waals surface area contributed by atoms with Gasteiger partial charge in [-0.1, -0.05) is 87.8 Å². The maximum absolute atomic E-state index is 13.3. The van der Waals surface area contributed by atoms with Gasteiger partial charge in [-0.15, -0.1) is 0 Å². The summed E-state index contributed by atoms with van der Waals surface area (Å²) in [5.41, 5.74) is -0.256. The highest BCUT2D eigenvalue weighted by Crippen LogP contribution is 2.74. The van der Waals surface area contributed by atoms with E-state index in [-0.39, 0.29) is 63.3 Å². The predicted molar refractivity (Wildman–Crippen MR) is 183 cm³/mol. The van der Waals surface area contributed by atoms with Gasteiger partial charge in [0.15, 0.2) is 0 Å². The van der Waals surface area contributed by atoms with Crippen LogP contribution in [0.5, 0.6) is 0 Å². The van der Waals surface area contributed by atoms with E-state index in [2.05, 4.69) is 94.5 Å². The van der Waals surface area contributed by atoms with Gasteiger partial charge in [-0.3, -0.25) is 4.79 Å². The summed E-state index contributed by atoms with van der Waals surface area (Å²) in [5, 5.41) is 26.0.